The van der Waals surface area contributed by atoms with Gasteiger partial charge in [0.15, 0.2) is 0 Å². The molecule has 8 heteroatoms. The van der Waals surface area contributed by atoms with Crippen LogP contribution in [0.3, 0.4) is 0 Å². The van der Waals surface area contributed by atoms with Crippen molar-refractivity contribution in [1.29, 1.82) is 0 Å². The molecule has 6 nitrogen and oxygen atoms in total. The third kappa shape index (κ3) is 6.22. The third-order valence-corrected chi connectivity index (χ3v) is 9.65. The van der Waals surface area contributed by atoms with Gasteiger partial charge in [-0.25, -0.2) is 26.3 Å². The maximum Gasteiger partial charge on any atom is 0.241 e. The Morgan fingerprint density at radius 2 is 0.842 bits per heavy atom. The van der Waals surface area contributed by atoms with E-state index in [9.17, 15) is 16.8 Å². The number of rotatable bonds is 9. The molecule has 0 unspecified atom stereocenters. The average molecular weight is 549 g/mol. The van der Waals surface area contributed by atoms with Gasteiger partial charge in [-0.2, -0.15) is 0 Å². The summed E-state index contributed by atoms with van der Waals surface area (Å²) in [5.41, 5.74) is 4.06. The minimum Gasteiger partial charge on any atom is -0.207 e. The summed E-state index contributed by atoms with van der Waals surface area (Å²) in [5.74, 6) is 0. The van der Waals surface area contributed by atoms with Gasteiger partial charge in [-0.3, -0.25) is 0 Å². The van der Waals surface area contributed by atoms with E-state index in [0.29, 0.717) is 22.3 Å². The lowest BCUT2D eigenvalue weighted by Crippen LogP contribution is -2.41. The van der Waals surface area contributed by atoms with Gasteiger partial charge in [0.2, 0.25) is 20.0 Å². The molecule has 4 aromatic carbocycles. The molecule has 0 saturated carbocycles. The number of benzene rings is 4. The van der Waals surface area contributed by atoms with E-state index in [0.717, 1.165) is 11.1 Å². The maximum atomic E-state index is 13.8. The van der Waals surface area contributed by atoms with E-state index in [4.69, 9.17) is 0 Å². The number of hydrogen-bond acceptors (Lipinski definition) is 4. The van der Waals surface area contributed by atoms with Crippen LogP contribution >= 0.6 is 0 Å². The van der Waals surface area contributed by atoms with Crippen molar-refractivity contribution in [3.05, 3.63) is 130 Å². The predicted molar refractivity (Wildman–Crippen MR) is 151 cm³/mol. The van der Waals surface area contributed by atoms with Gasteiger partial charge in [-0.1, -0.05) is 84.9 Å². The molecule has 0 aliphatic rings. The molecule has 0 aliphatic heterocycles. The minimum atomic E-state index is -4.03. The van der Waals surface area contributed by atoms with E-state index in [-0.39, 0.29) is 9.79 Å². The molecule has 4 aromatic rings. The molecule has 38 heavy (non-hydrogen) atoms. The summed E-state index contributed by atoms with van der Waals surface area (Å²) in [6.07, 6.45) is 0. The number of aryl methyl sites for hydroxylation is 4. The first-order chi connectivity index (χ1) is 18.0. The van der Waals surface area contributed by atoms with Crippen LogP contribution in [0.2, 0.25) is 0 Å². The zero-order valence-electron chi connectivity index (χ0n) is 21.8. The van der Waals surface area contributed by atoms with Gasteiger partial charge in [0, 0.05) is 0 Å². The fourth-order valence-electron chi connectivity index (χ4n) is 4.43. The molecule has 0 spiro atoms. The Hall–Kier alpha value is -3.30. The quantitative estimate of drug-likeness (QED) is 0.282. The van der Waals surface area contributed by atoms with Crippen molar-refractivity contribution in [3.63, 3.8) is 0 Å². The van der Waals surface area contributed by atoms with Gasteiger partial charge in [0.1, 0.15) is 0 Å². The molecule has 0 saturated heterocycles. The Morgan fingerprint density at radius 1 is 0.500 bits per heavy atom. The van der Waals surface area contributed by atoms with E-state index >= 15 is 0 Å². The first kappa shape index (κ1) is 27.7. The molecule has 2 N–H and O–H groups in total. The van der Waals surface area contributed by atoms with E-state index in [1.54, 1.807) is 86.6 Å². The lowest BCUT2D eigenvalue weighted by molar-refractivity contribution is 0.466. The summed E-state index contributed by atoms with van der Waals surface area (Å²) in [4.78, 5) is 0.310. The highest BCUT2D eigenvalue weighted by molar-refractivity contribution is 7.90. The lowest BCUT2D eigenvalue weighted by atomic mass is 9.95. The summed E-state index contributed by atoms with van der Waals surface area (Å²) < 4.78 is 60.8. The third-order valence-electron chi connectivity index (χ3n) is 6.48. The van der Waals surface area contributed by atoms with E-state index in [1.807, 2.05) is 38.1 Å². The van der Waals surface area contributed by atoms with Crippen LogP contribution in [0.4, 0.5) is 0 Å². The molecule has 0 radical (unpaired) electrons. The molecule has 0 aliphatic carbocycles. The standard InChI is InChI=1S/C30H32N2O4S2/c1-21-15-17-23(3)27(19-21)37(33,34)31-29(25-11-7-5-8-12-25)30(26-13-9-6-10-14-26)32-38(35,36)28-20-22(2)16-18-24(28)4/h5-20,29-32H,1-4H3/t29-,30-/m0/s1. The van der Waals surface area contributed by atoms with E-state index in [2.05, 4.69) is 9.44 Å². The Bertz CT molecular complexity index is 1510. The summed E-state index contributed by atoms with van der Waals surface area (Å²) in [5, 5.41) is 0. The van der Waals surface area contributed by atoms with Crippen molar-refractivity contribution in [2.45, 2.75) is 49.6 Å². The molecular formula is C30H32N2O4S2. The second-order valence-electron chi connectivity index (χ2n) is 9.56. The molecule has 0 bridgehead atoms. The Labute approximate surface area is 225 Å². The topological polar surface area (TPSA) is 92.3 Å². The van der Waals surface area contributed by atoms with Crippen molar-refractivity contribution in [1.82, 2.24) is 9.44 Å². The van der Waals surface area contributed by atoms with Crippen molar-refractivity contribution in [2.24, 2.45) is 0 Å². The normalized spacial score (nSPS) is 13.7. The van der Waals surface area contributed by atoms with Gasteiger partial charge < -0.3 is 0 Å². The fraction of sp³-hybridized carbons (Fsp3) is 0.200. The first-order valence-electron chi connectivity index (χ1n) is 12.3. The van der Waals surface area contributed by atoms with Crippen molar-refractivity contribution < 1.29 is 16.8 Å². The number of nitrogens with one attached hydrogen (secondary N) is 2. The van der Waals surface area contributed by atoms with Gasteiger partial charge in [-0.15, -0.1) is 0 Å². The van der Waals surface area contributed by atoms with Crippen LogP contribution in [0, 0.1) is 27.7 Å². The highest BCUT2D eigenvalue weighted by Crippen LogP contribution is 2.33. The van der Waals surface area contributed by atoms with Crippen LogP contribution in [-0.4, -0.2) is 16.8 Å². The van der Waals surface area contributed by atoms with Gasteiger partial charge in [0.05, 0.1) is 21.9 Å². The van der Waals surface area contributed by atoms with E-state index in [1.165, 1.54) is 0 Å². The Balaban J connectivity index is 1.87. The monoisotopic (exact) mass is 548 g/mol. The van der Waals surface area contributed by atoms with Crippen LogP contribution in [0.5, 0.6) is 0 Å². The predicted octanol–water partition coefficient (Wildman–Crippen LogP) is 5.66. The second-order valence-corrected chi connectivity index (χ2v) is 12.9. The molecule has 198 valence electrons. The van der Waals surface area contributed by atoms with Gasteiger partial charge in [0.25, 0.3) is 0 Å². The molecule has 4 rings (SSSR count). The summed E-state index contributed by atoms with van der Waals surface area (Å²) >= 11 is 0. The molecule has 0 aromatic heterocycles. The van der Waals surface area contributed by atoms with Crippen LogP contribution in [0.15, 0.2) is 107 Å². The van der Waals surface area contributed by atoms with Crippen LogP contribution < -0.4 is 9.44 Å². The zero-order valence-corrected chi connectivity index (χ0v) is 23.5. The van der Waals surface area contributed by atoms with Crippen molar-refractivity contribution in [3.8, 4) is 0 Å². The number of hydrogen-bond donors (Lipinski definition) is 2. The van der Waals surface area contributed by atoms with Crippen molar-refractivity contribution in [2.75, 3.05) is 0 Å². The SMILES string of the molecule is Cc1ccc(C)c(S(=O)(=O)N[C@@H](c2ccccc2)[C@@H](NS(=O)(=O)c2cc(C)ccc2C)c2ccccc2)c1. The molecule has 0 amide bonds. The minimum absolute atomic E-state index is 0.155. The maximum absolute atomic E-state index is 13.8. The van der Waals surface area contributed by atoms with Crippen molar-refractivity contribution >= 4 is 20.0 Å². The Kier molecular flexibility index (Phi) is 8.18. The second kappa shape index (κ2) is 11.2. The first-order valence-corrected chi connectivity index (χ1v) is 15.2. The summed E-state index contributed by atoms with van der Waals surface area (Å²) in [7, 11) is -8.07. The average Bonchev–Trinajstić information content (AvgIpc) is 2.90. The van der Waals surface area contributed by atoms with Crippen LogP contribution in [0.1, 0.15) is 45.5 Å². The fourth-order valence-corrected chi connectivity index (χ4v) is 7.57. The molecule has 2 atom stereocenters. The molecular weight excluding hydrogens is 516 g/mol. The summed E-state index contributed by atoms with van der Waals surface area (Å²) in [6.45, 7) is 7.14. The van der Waals surface area contributed by atoms with E-state index < -0.39 is 32.1 Å². The lowest BCUT2D eigenvalue weighted by Gasteiger charge is -2.30. The van der Waals surface area contributed by atoms with Gasteiger partial charge >= 0.3 is 0 Å². The number of sulfonamides is 2. The van der Waals surface area contributed by atoms with Crippen LogP contribution in [-0.2, 0) is 20.0 Å². The smallest absolute Gasteiger partial charge is 0.207 e. The highest BCUT2D eigenvalue weighted by atomic mass is 32.2. The van der Waals surface area contributed by atoms with Crippen LogP contribution in [0.25, 0.3) is 0 Å². The Morgan fingerprint density at radius 3 is 1.18 bits per heavy atom. The summed E-state index contributed by atoms with van der Waals surface area (Å²) in [6, 6.07) is 26.6. The highest BCUT2D eigenvalue weighted by Gasteiger charge is 2.34. The molecule has 0 fully saturated rings. The zero-order chi connectivity index (χ0) is 27.5. The largest absolute Gasteiger partial charge is 0.241 e. The molecule has 0 heterocycles. The van der Waals surface area contributed by atoms with Gasteiger partial charge in [-0.05, 0) is 73.2 Å².